The standard InChI is InChI=1S/C14H17NO2S/c1-10(15-14(16)8-17-2)7-11-9-18-13-6-4-3-5-12(11)13/h3-6,9-10H,7-8H2,1-2H3,(H,15,16). The molecular formula is C14H17NO2S. The van der Waals surface area contributed by atoms with Gasteiger partial charge in [-0.1, -0.05) is 18.2 Å². The fourth-order valence-corrected chi connectivity index (χ4v) is 3.00. The minimum Gasteiger partial charge on any atom is -0.375 e. The van der Waals surface area contributed by atoms with Crippen LogP contribution in [0.5, 0.6) is 0 Å². The fourth-order valence-electron chi connectivity index (χ4n) is 2.02. The van der Waals surface area contributed by atoms with E-state index in [1.165, 1.54) is 22.8 Å². The second-order valence-corrected chi connectivity index (χ2v) is 5.27. The Labute approximate surface area is 111 Å². The Bertz CT molecular complexity index is 535. The Hall–Kier alpha value is -1.39. The topological polar surface area (TPSA) is 38.3 Å². The smallest absolute Gasteiger partial charge is 0.246 e. The lowest BCUT2D eigenvalue weighted by atomic mass is 10.1. The molecule has 0 spiro atoms. The van der Waals surface area contributed by atoms with Crippen molar-refractivity contribution in [2.45, 2.75) is 19.4 Å². The van der Waals surface area contributed by atoms with Crippen molar-refractivity contribution in [3.8, 4) is 0 Å². The van der Waals surface area contributed by atoms with Gasteiger partial charge in [-0.2, -0.15) is 0 Å². The van der Waals surface area contributed by atoms with Gasteiger partial charge in [0.1, 0.15) is 6.61 Å². The molecule has 3 nitrogen and oxygen atoms in total. The van der Waals surface area contributed by atoms with E-state index < -0.39 is 0 Å². The number of fused-ring (bicyclic) bond motifs is 1. The maximum absolute atomic E-state index is 11.4. The number of ether oxygens (including phenoxy) is 1. The molecule has 0 saturated carbocycles. The van der Waals surface area contributed by atoms with Gasteiger partial charge in [0, 0.05) is 17.9 Å². The van der Waals surface area contributed by atoms with E-state index in [1.807, 2.05) is 19.1 Å². The molecule has 0 aliphatic rings. The van der Waals surface area contributed by atoms with E-state index in [2.05, 4.69) is 22.8 Å². The number of rotatable bonds is 5. The third-order valence-electron chi connectivity index (χ3n) is 2.77. The van der Waals surface area contributed by atoms with Gasteiger partial charge >= 0.3 is 0 Å². The predicted octanol–water partition coefficient (Wildman–Crippen LogP) is 2.59. The van der Waals surface area contributed by atoms with Crippen molar-refractivity contribution in [1.82, 2.24) is 5.32 Å². The number of amides is 1. The van der Waals surface area contributed by atoms with E-state index in [0.29, 0.717) is 0 Å². The van der Waals surface area contributed by atoms with E-state index in [9.17, 15) is 4.79 Å². The highest BCUT2D eigenvalue weighted by Crippen LogP contribution is 2.26. The third-order valence-corrected chi connectivity index (χ3v) is 3.78. The van der Waals surface area contributed by atoms with E-state index in [-0.39, 0.29) is 18.6 Å². The minimum atomic E-state index is -0.0652. The van der Waals surface area contributed by atoms with E-state index in [1.54, 1.807) is 11.3 Å². The molecule has 1 atom stereocenters. The molecule has 1 N–H and O–H groups in total. The van der Waals surface area contributed by atoms with Gasteiger partial charge in [-0.15, -0.1) is 11.3 Å². The van der Waals surface area contributed by atoms with Crippen LogP contribution in [-0.2, 0) is 16.0 Å². The van der Waals surface area contributed by atoms with Gasteiger partial charge in [-0.25, -0.2) is 0 Å². The summed E-state index contributed by atoms with van der Waals surface area (Å²) in [4.78, 5) is 11.4. The number of methoxy groups -OCH3 is 1. The fraction of sp³-hybridized carbons (Fsp3) is 0.357. The molecule has 2 aromatic rings. The second kappa shape index (κ2) is 5.98. The number of hydrogen-bond donors (Lipinski definition) is 1. The summed E-state index contributed by atoms with van der Waals surface area (Å²) in [7, 11) is 1.52. The average Bonchev–Trinajstić information content (AvgIpc) is 2.73. The molecule has 2 rings (SSSR count). The number of thiophene rings is 1. The molecule has 0 aliphatic heterocycles. The molecule has 1 amide bonds. The number of nitrogens with one attached hydrogen (secondary N) is 1. The van der Waals surface area contributed by atoms with Gasteiger partial charge in [-0.3, -0.25) is 4.79 Å². The zero-order chi connectivity index (χ0) is 13.0. The van der Waals surface area contributed by atoms with Crippen molar-refractivity contribution in [1.29, 1.82) is 0 Å². The summed E-state index contributed by atoms with van der Waals surface area (Å²) in [5.74, 6) is -0.0652. The maximum Gasteiger partial charge on any atom is 0.246 e. The quantitative estimate of drug-likeness (QED) is 0.900. The van der Waals surface area contributed by atoms with Gasteiger partial charge in [0.05, 0.1) is 0 Å². The highest BCUT2D eigenvalue weighted by molar-refractivity contribution is 7.17. The molecule has 1 unspecified atom stereocenters. The zero-order valence-corrected chi connectivity index (χ0v) is 11.4. The first-order chi connectivity index (χ1) is 8.70. The van der Waals surface area contributed by atoms with Crippen molar-refractivity contribution < 1.29 is 9.53 Å². The first-order valence-corrected chi connectivity index (χ1v) is 6.82. The summed E-state index contributed by atoms with van der Waals surface area (Å²) in [5, 5.41) is 6.38. The first kappa shape index (κ1) is 13.1. The van der Waals surface area contributed by atoms with Crippen molar-refractivity contribution in [2.24, 2.45) is 0 Å². The molecule has 0 saturated heterocycles. The summed E-state index contributed by atoms with van der Waals surface area (Å²) >= 11 is 1.75. The molecule has 0 aliphatic carbocycles. The highest BCUT2D eigenvalue weighted by Gasteiger charge is 2.10. The summed E-state index contributed by atoms with van der Waals surface area (Å²) in [6, 6.07) is 8.47. The highest BCUT2D eigenvalue weighted by atomic mass is 32.1. The minimum absolute atomic E-state index is 0.0652. The summed E-state index contributed by atoms with van der Waals surface area (Å²) in [6.07, 6.45) is 0.847. The van der Waals surface area contributed by atoms with Crippen LogP contribution in [0, 0.1) is 0 Å². The predicted molar refractivity (Wildman–Crippen MR) is 75.0 cm³/mol. The van der Waals surface area contributed by atoms with Crippen LogP contribution in [0.4, 0.5) is 0 Å². The largest absolute Gasteiger partial charge is 0.375 e. The normalized spacial score (nSPS) is 12.6. The monoisotopic (exact) mass is 263 g/mol. The Morgan fingerprint density at radius 1 is 1.44 bits per heavy atom. The Morgan fingerprint density at radius 2 is 2.22 bits per heavy atom. The van der Waals surface area contributed by atoms with Crippen LogP contribution in [-0.4, -0.2) is 25.7 Å². The van der Waals surface area contributed by atoms with Crippen molar-refractivity contribution in [3.05, 3.63) is 35.2 Å². The van der Waals surface area contributed by atoms with Crippen LogP contribution in [0.3, 0.4) is 0 Å². The molecule has 0 radical (unpaired) electrons. The molecule has 4 heteroatoms. The maximum atomic E-state index is 11.4. The van der Waals surface area contributed by atoms with Gasteiger partial charge in [0.2, 0.25) is 5.91 Å². The summed E-state index contributed by atoms with van der Waals surface area (Å²) in [5.41, 5.74) is 1.29. The van der Waals surface area contributed by atoms with Crippen molar-refractivity contribution >= 4 is 27.3 Å². The average molecular weight is 263 g/mol. The first-order valence-electron chi connectivity index (χ1n) is 5.94. The van der Waals surface area contributed by atoms with Crippen LogP contribution >= 0.6 is 11.3 Å². The van der Waals surface area contributed by atoms with Crippen LogP contribution in [0.1, 0.15) is 12.5 Å². The Balaban J connectivity index is 2.03. The van der Waals surface area contributed by atoms with Gasteiger partial charge in [-0.05, 0) is 35.7 Å². The molecule has 1 heterocycles. The molecule has 1 aromatic carbocycles. The lowest BCUT2D eigenvalue weighted by Crippen LogP contribution is -2.36. The second-order valence-electron chi connectivity index (χ2n) is 4.36. The van der Waals surface area contributed by atoms with Crippen molar-refractivity contribution in [3.63, 3.8) is 0 Å². The lowest BCUT2D eigenvalue weighted by Gasteiger charge is -2.13. The van der Waals surface area contributed by atoms with Gasteiger partial charge < -0.3 is 10.1 Å². The van der Waals surface area contributed by atoms with Crippen LogP contribution in [0.15, 0.2) is 29.6 Å². The Morgan fingerprint density at radius 3 is 3.00 bits per heavy atom. The number of carbonyl (C=O) groups is 1. The SMILES string of the molecule is COCC(=O)NC(C)Cc1csc2ccccc12. The van der Waals surface area contributed by atoms with E-state index >= 15 is 0 Å². The summed E-state index contributed by atoms with van der Waals surface area (Å²) < 4.78 is 6.09. The molecular weight excluding hydrogens is 246 g/mol. The molecule has 1 aromatic heterocycles. The van der Waals surface area contributed by atoms with Crippen LogP contribution in [0.2, 0.25) is 0 Å². The van der Waals surface area contributed by atoms with Gasteiger partial charge in [0.25, 0.3) is 0 Å². The van der Waals surface area contributed by atoms with Crippen LogP contribution < -0.4 is 5.32 Å². The zero-order valence-electron chi connectivity index (χ0n) is 10.6. The third kappa shape index (κ3) is 3.09. The molecule has 0 fully saturated rings. The molecule has 18 heavy (non-hydrogen) atoms. The van der Waals surface area contributed by atoms with E-state index in [0.717, 1.165) is 6.42 Å². The lowest BCUT2D eigenvalue weighted by molar-refractivity contribution is -0.125. The molecule has 96 valence electrons. The Kier molecular flexibility index (Phi) is 4.33. The number of hydrogen-bond acceptors (Lipinski definition) is 3. The molecule has 0 bridgehead atoms. The van der Waals surface area contributed by atoms with Crippen molar-refractivity contribution in [2.75, 3.05) is 13.7 Å². The summed E-state index contributed by atoms with van der Waals surface area (Å²) in [6.45, 7) is 2.13. The number of carbonyl (C=O) groups excluding carboxylic acids is 1. The van der Waals surface area contributed by atoms with Crippen LogP contribution in [0.25, 0.3) is 10.1 Å². The van der Waals surface area contributed by atoms with E-state index in [4.69, 9.17) is 4.74 Å². The number of benzene rings is 1. The van der Waals surface area contributed by atoms with Gasteiger partial charge in [0.15, 0.2) is 0 Å².